The van der Waals surface area contributed by atoms with E-state index in [0.29, 0.717) is 30.2 Å². The Morgan fingerprint density at radius 3 is 2.33 bits per heavy atom. The lowest BCUT2D eigenvalue weighted by atomic mass is 10.1. The summed E-state index contributed by atoms with van der Waals surface area (Å²) in [5.74, 6) is 0.869. The molecule has 0 saturated carbocycles. The van der Waals surface area contributed by atoms with Gasteiger partial charge in [-0.3, -0.25) is 4.79 Å². The van der Waals surface area contributed by atoms with Crippen molar-refractivity contribution in [3.63, 3.8) is 0 Å². The highest BCUT2D eigenvalue weighted by Crippen LogP contribution is 2.33. The minimum absolute atomic E-state index is 0.156. The molecule has 0 N–H and O–H groups in total. The van der Waals surface area contributed by atoms with Gasteiger partial charge in [0.25, 0.3) is 5.91 Å². The van der Waals surface area contributed by atoms with Crippen molar-refractivity contribution >= 4 is 5.91 Å². The van der Waals surface area contributed by atoms with Crippen LogP contribution in [0.15, 0.2) is 72.8 Å². The van der Waals surface area contributed by atoms with E-state index >= 15 is 0 Å². The first-order valence-corrected chi connectivity index (χ1v) is 8.66. The van der Waals surface area contributed by atoms with Crippen LogP contribution in [0.4, 0.5) is 4.39 Å². The van der Waals surface area contributed by atoms with Gasteiger partial charge < -0.3 is 14.4 Å². The summed E-state index contributed by atoms with van der Waals surface area (Å²) >= 11 is 0. The first kappa shape index (κ1) is 17.1. The van der Waals surface area contributed by atoms with Gasteiger partial charge in [-0.25, -0.2) is 4.39 Å². The van der Waals surface area contributed by atoms with Gasteiger partial charge in [-0.1, -0.05) is 36.4 Å². The van der Waals surface area contributed by atoms with Crippen LogP contribution in [0, 0.1) is 5.82 Å². The topological polar surface area (TPSA) is 38.8 Å². The Morgan fingerprint density at radius 1 is 0.852 bits per heavy atom. The zero-order chi connectivity index (χ0) is 18.6. The molecule has 0 aromatic heterocycles. The summed E-state index contributed by atoms with van der Waals surface area (Å²) in [6.07, 6.45) is 0. The van der Waals surface area contributed by atoms with E-state index < -0.39 is 0 Å². The zero-order valence-corrected chi connectivity index (χ0v) is 14.6. The molecule has 4 rings (SSSR count). The summed E-state index contributed by atoms with van der Waals surface area (Å²) in [4.78, 5) is 14.8. The fourth-order valence-electron chi connectivity index (χ4n) is 3.04. The molecule has 27 heavy (non-hydrogen) atoms. The van der Waals surface area contributed by atoms with E-state index in [9.17, 15) is 9.18 Å². The monoisotopic (exact) mass is 363 g/mol. The van der Waals surface area contributed by atoms with E-state index in [1.807, 2.05) is 48.5 Å². The second-order valence-corrected chi connectivity index (χ2v) is 6.34. The van der Waals surface area contributed by atoms with Gasteiger partial charge >= 0.3 is 0 Å². The summed E-state index contributed by atoms with van der Waals surface area (Å²) in [7, 11) is 0. The molecule has 0 aliphatic carbocycles. The Kier molecular flexibility index (Phi) is 4.75. The summed E-state index contributed by atoms with van der Waals surface area (Å²) in [6, 6.07) is 21.0. The molecule has 4 nitrogen and oxygen atoms in total. The van der Waals surface area contributed by atoms with Crippen LogP contribution in [-0.4, -0.2) is 17.6 Å². The van der Waals surface area contributed by atoms with E-state index in [0.717, 1.165) is 11.1 Å². The van der Waals surface area contributed by atoms with E-state index in [4.69, 9.17) is 9.47 Å². The maximum Gasteiger partial charge on any atom is 0.254 e. The Bertz CT molecular complexity index is 942. The van der Waals surface area contributed by atoms with Crippen LogP contribution in [0.2, 0.25) is 0 Å². The quantitative estimate of drug-likeness (QED) is 0.675. The minimum atomic E-state index is -0.364. The van der Waals surface area contributed by atoms with Gasteiger partial charge in [0.05, 0.1) is 0 Å². The van der Waals surface area contributed by atoms with E-state index in [-0.39, 0.29) is 18.5 Å². The number of amides is 1. The third kappa shape index (κ3) is 3.92. The van der Waals surface area contributed by atoms with Crippen molar-refractivity contribution in [2.24, 2.45) is 0 Å². The number of carbonyl (C=O) groups excluding carboxylic acids is 1. The highest BCUT2D eigenvalue weighted by Gasteiger charge is 2.19. The van der Waals surface area contributed by atoms with Crippen molar-refractivity contribution < 1.29 is 18.7 Å². The highest BCUT2D eigenvalue weighted by atomic mass is 19.1. The number of benzene rings is 3. The lowest BCUT2D eigenvalue weighted by Gasteiger charge is -2.23. The van der Waals surface area contributed by atoms with Gasteiger partial charge in [-0.15, -0.1) is 0 Å². The van der Waals surface area contributed by atoms with Crippen molar-refractivity contribution in [3.05, 3.63) is 95.3 Å². The third-order valence-electron chi connectivity index (χ3n) is 4.41. The summed E-state index contributed by atoms with van der Waals surface area (Å²) in [5.41, 5.74) is 2.41. The maximum absolute atomic E-state index is 13.2. The molecule has 3 aromatic carbocycles. The Hall–Kier alpha value is -3.34. The second-order valence-electron chi connectivity index (χ2n) is 6.34. The second kappa shape index (κ2) is 7.50. The molecule has 1 aliphatic heterocycles. The molecule has 136 valence electrons. The Morgan fingerprint density at radius 2 is 1.56 bits per heavy atom. The molecule has 0 saturated heterocycles. The molecule has 3 aromatic rings. The average Bonchev–Trinajstić information content (AvgIpc) is 3.16. The number of rotatable bonds is 5. The highest BCUT2D eigenvalue weighted by molar-refractivity contribution is 5.94. The standard InChI is InChI=1S/C22H18FNO3/c23-19-9-7-18(8-10-19)22(25)24(13-16-4-2-1-3-5-16)14-17-6-11-20-21(12-17)27-15-26-20/h1-12H,13-15H2. The van der Waals surface area contributed by atoms with E-state index in [1.165, 1.54) is 24.3 Å². The van der Waals surface area contributed by atoms with E-state index in [2.05, 4.69) is 0 Å². The van der Waals surface area contributed by atoms with Crippen LogP contribution in [0.25, 0.3) is 0 Å². The number of hydrogen-bond acceptors (Lipinski definition) is 3. The number of halogens is 1. The maximum atomic E-state index is 13.2. The molecule has 0 spiro atoms. The molecule has 0 bridgehead atoms. The predicted molar refractivity (Wildman–Crippen MR) is 99.0 cm³/mol. The number of carbonyl (C=O) groups is 1. The number of ether oxygens (including phenoxy) is 2. The molecule has 1 amide bonds. The largest absolute Gasteiger partial charge is 0.454 e. The molecular formula is C22H18FNO3. The molecule has 0 atom stereocenters. The number of fused-ring (bicyclic) bond motifs is 1. The smallest absolute Gasteiger partial charge is 0.254 e. The van der Waals surface area contributed by atoms with Gasteiger partial charge in [0.15, 0.2) is 11.5 Å². The van der Waals surface area contributed by atoms with Crippen LogP contribution in [0.5, 0.6) is 11.5 Å². The number of nitrogens with zero attached hydrogens (tertiary/aromatic N) is 1. The van der Waals surface area contributed by atoms with Crippen molar-refractivity contribution in [3.8, 4) is 11.5 Å². The SMILES string of the molecule is O=C(c1ccc(F)cc1)N(Cc1ccccc1)Cc1ccc2c(c1)OCO2. The lowest BCUT2D eigenvalue weighted by molar-refractivity contribution is 0.0730. The lowest BCUT2D eigenvalue weighted by Crippen LogP contribution is -2.30. The van der Waals surface area contributed by atoms with Gasteiger partial charge in [0.1, 0.15) is 5.82 Å². The molecule has 1 aliphatic rings. The fourth-order valence-corrected chi connectivity index (χ4v) is 3.04. The minimum Gasteiger partial charge on any atom is -0.454 e. The Labute approximate surface area is 156 Å². The van der Waals surface area contributed by atoms with Crippen molar-refractivity contribution in [1.82, 2.24) is 4.90 Å². The zero-order valence-electron chi connectivity index (χ0n) is 14.6. The molecule has 0 fully saturated rings. The van der Waals surface area contributed by atoms with Gasteiger partial charge in [-0.2, -0.15) is 0 Å². The van der Waals surface area contributed by atoms with Gasteiger partial charge in [0, 0.05) is 18.7 Å². The third-order valence-corrected chi connectivity index (χ3v) is 4.41. The number of hydrogen-bond donors (Lipinski definition) is 0. The predicted octanol–water partition coefficient (Wildman–Crippen LogP) is 4.40. The summed E-state index contributed by atoms with van der Waals surface area (Å²) in [6.45, 7) is 1.06. The fraction of sp³-hybridized carbons (Fsp3) is 0.136. The normalized spacial score (nSPS) is 12.0. The van der Waals surface area contributed by atoms with Crippen molar-refractivity contribution in [2.45, 2.75) is 13.1 Å². The molecule has 0 radical (unpaired) electrons. The van der Waals surface area contributed by atoms with E-state index in [1.54, 1.807) is 4.90 Å². The summed E-state index contributed by atoms with van der Waals surface area (Å²) < 4.78 is 24.0. The van der Waals surface area contributed by atoms with Crippen LogP contribution < -0.4 is 9.47 Å². The molecular weight excluding hydrogens is 345 g/mol. The summed E-state index contributed by atoms with van der Waals surface area (Å²) in [5, 5.41) is 0. The van der Waals surface area contributed by atoms with Gasteiger partial charge in [0.2, 0.25) is 6.79 Å². The van der Waals surface area contributed by atoms with Crippen molar-refractivity contribution in [1.29, 1.82) is 0 Å². The first-order valence-electron chi connectivity index (χ1n) is 8.66. The van der Waals surface area contributed by atoms with Crippen LogP contribution >= 0.6 is 0 Å². The first-order chi connectivity index (χ1) is 13.2. The Balaban J connectivity index is 1.61. The molecule has 5 heteroatoms. The average molecular weight is 363 g/mol. The van der Waals surface area contributed by atoms with Crippen LogP contribution in [0.3, 0.4) is 0 Å². The van der Waals surface area contributed by atoms with Crippen LogP contribution in [0.1, 0.15) is 21.5 Å². The van der Waals surface area contributed by atoms with Crippen LogP contribution in [-0.2, 0) is 13.1 Å². The van der Waals surface area contributed by atoms with Gasteiger partial charge in [-0.05, 0) is 47.5 Å². The molecule has 1 heterocycles. The van der Waals surface area contributed by atoms with Crippen molar-refractivity contribution in [2.75, 3.05) is 6.79 Å². The molecule has 0 unspecified atom stereocenters.